The molecular weight excluding hydrogens is 298 g/mol. The van der Waals surface area contributed by atoms with Gasteiger partial charge in [0.25, 0.3) is 0 Å². The molecule has 2 atom stereocenters. The van der Waals surface area contributed by atoms with Gasteiger partial charge in [0, 0.05) is 42.8 Å². The molecule has 1 amide bonds. The fourth-order valence-corrected chi connectivity index (χ4v) is 4.28. The molecule has 0 saturated heterocycles. The highest BCUT2D eigenvalue weighted by molar-refractivity contribution is 5.99. The van der Waals surface area contributed by atoms with E-state index in [4.69, 9.17) is 1.37 Å². The van der Waals surface area contributed by atoms with Crippen molar-refractivity contribution in [1.82, 2.24) is 14.8 Å². The molecule has 0 radical (unpaired) electrons. The minimum atomic E-state index is -0.0950. The van der Waals surface area contributed by atoms with E-state index in [0.29, 0.717) is 6.17 Å². The molecule has 24 heavy (non-hydrogen) atoms. The van der Waals surface area contributed by atoms with Gasteiger partial charge in [-0.2, -0.15) is 0 Å². The summed E-state index contributed by atoms with van der Waals surface area (Å²) in [6.07, 6.45) is 3.56. The summed E-state index contributed by atoms with van der Waals surface area (Å²) in [5.74, 6) is 0.124. The number of carbonyl (C=O) groups is 1. The van der Waals surface area contributed by atoms with E-state index in [0.717, 1.165) is 37.1 Å². The molecule has 2 aliphatic rings. The second kappa shape index (κ2) is 5.78. The largest absolute Gasteiger partial charge is 0.361 e. The highest BCUT2D eigenvalue weighted by atomic mass is 16.2. The normalized spacial score (nSPS) is 23.6. The Morgan fingerprint density at radius 2 is 2.21 bits per heavy atom. The first kappa shape index (κ1) is 14.3. The Bertz CT molecular complexity index is 865. The van der Waals surface area contributed by atoms with Crippen molar-refractivity contribution in [1.29, 1.82) is 0 Å². The molecule has 0 saturated carbocycles. The predicted molar refractivity (Wildman–Crippen MR) is 97.8 cm³/mol. The molecule has 1 aromatic carbocycles. The van der Waals surface area contributed by atoms with Gasteiger partial charge in [-0.1, -0.05) is 18.2 Å². The van der Waals surface area contributed by atoms with Crippen LogP contribution in [0.25, 0.3) is 16.5 Å². The van der Waals surface area contributed by atoms with Gasteiger partial charge in [-0.25, -0.2) is 0 Å². The van der Waals surface area contributed by atoms with E-state index < -0.39 is 0 Å². The van der Waals surface area contributed by atoms with E-state index in [2.05, 4.69) is 29.1 Å². The van der Waals surface area contributed by atoms with Crippen LogP contribution in [0.5, 0.6) is 0 Å². The Morgan fingerprint density at radius 3 is 2.96 bits per heavy atom. The number of aromatic nitrogens is 1. The third kappa shape index (κ3) is 2.20. The van der Waals surface area contributed by atoms with Crippen LogP contribution in [-0.4, -0.2) is 53.4 Å². The molecule has 1 aliphatic carbocycles. The van der Waals surface area contributed by atoms with E-state index in [1.807, 2.05) is 30.9 Å². The third-order valence-electron chi connectivity index (χ3n) is 5.57. The summed E-state index contributed by atoms with van der Waals surface area (Å²) in [5, 5.41) is 1.17. The lowest BCUT2D eigenvalue weighted by molar-refractivity contribution is -0.134. The number of amides is 1. The zero-order chi connectivity index (χ0) is 17.7. The lowest BCUT2D eigenvalue weighted by atomic mass is 9.79. The minimum Gasteiger partial charge on any atom is -0.361 e. The number of aromatic amines is 1. The van der Waals surface area contributed by atoms with Crippen LogP contribution in [0.4, 0.5) is 0 Å². The monoisotopic (exact) mass is 325 g/mol. The molecule has 0 unspecified atom stereocenters. The van der Waals surface area contributed by atoms with Crippen LogP contribution >= 0.6 is 0 Å². The maximum atomic E-state index is 12.9. The van der Waals surface area contributed by atoms with Crippen molar-refractivity contribution in [2.45, 2.75) is 26.3 Å². The van der Waals surface area contributed by atoms with Crippen molar-refractivity contribution in [3.05, 3.63) is 41.6 Å². The number of rotatable bonds is 3. The molecule has 4 nitrogen and oxygen atoms in total. The first-order chi connectivity index (χ1) is 12.0. The smallest absolute Gasteiger partial charge is 0.230 e. The second-order valence-corrected chi connectivity index (χ2v) is 6.86. The standard InChI is InChI=1S/C20H25N3O/c1-4-23(5-2)20(24)14-9-16-15-7-6-8-17-19(15)13(11-21-17)10-18(16)22(3)12-14/h6-9,11,14,18,21H,4-5,10,12H2,1-3H3/t14-,18-/m1/s1/i11T. The van der Waals surface area contributed by atoms with Gasteiger partial charge >= 0.3 is 0 Å². The van der Waals surface area contributed by atoms with Crippen LogP contribution in [0.2, 0.25) is 0 Å². The summed E-state index contributed by atoms with van der Waals surface area (Å²) < 4.78 is 8.26. The van der Waals surface area contributed by atoms with Gasteiger partial charge in [0.2, 0.25) is 5.91 Å². The van der Waals surface area contributed by atoms with Crippen LogP contribution < -0.4 is 0 Å². The van der Waals surface area contributed by atoms with E-state index in [1.165, 1.54) is 16.5 Å². The zero-order valence-electron chi connectivity index (χ0n) is 15.6. The average molecular weight is 325 g/mol. The van der Waals surface area contributed by atoms with Gasteiger partial charge in [0.05, 0.1) is 7.29 Å². The molecule has 1 aliphatic heterocycles. The first-order valence-corrected chi connectivity index (χ1v) is 8.86. The van der Waals surface area contributed by atoms with E-state index in [1.54, 1.807) is 0 Å². The minimum absolute atomic E-state index is 0.0950. The van der Waals surface area contributed by atoms with E-state index in [9.17, 15) is 4.79 Å². The van der Waals surface area contributed by atoms with Crippen molar-refractivity contribution in [3.63, 3.8) is 0 Å². The summed E-state index contributed by atoms with van der Waals surface area (Å²) in [5.41, 5.74) is 4.56. The van der Waals surface area contributed by atoms with E-state index >= 15 is 0 Å². The van der Waals surface area contributed by atoms with Crippen LogP contribution in [-0.2, 0) is 11.2 Å². The Morgan fingerprint density at radius 1 is 1.42 bits per heavy atom. The van der Waals surface area contributed by atoms with Gasteiger partial charge in [-0.15, -0.1) is 0 Å². The molecule has 0 fully saturated rings. The fourth-order valence-electron chi connectivity index (χ4n) is 4.28. The number of carbonyl (C=O) groups excluding carboxylic acids is 1. The molecule has 2 aromatic rings. The van der Waals surface area contributed by atoms with Gasteiger partial charge in [-0.3, -0.25) is 9.69 Å². The number of hydrogen-bond donors (Lipinski definition) is 1. The molecule has 1 aromatic heterocycles. The highest BCUT2D eigenvalue weighted by Crippen LogP contribution is 2.40. The molecule has 2 heterocycles. The van der Waals surface area contributed by atoms with Crippen molar-refractivity contribution < 1.29 is 6.17 Å². The van der Waals surface area contributed by atoms with Gasteiger partial charge in [0.1, 0.15) is 0 Å². The predicted octanol–water partition coefficient (Wildman–Crippen LogP) is 2.91. The quantitative estimate of drug-likeness (QED) is 0.942. The number of likely N-dealkylation sites (N-methyl/N-ethyl adjacent to an activating group) is 1. The Hall–Kier alpha value is -2.07. The van der Waals surface area contributed by atoms with E-state index in [-0.39, 0.29) is 17.9 Å². The summed E-state index contributed by atoms with van der Waals surface area (Å²) in [7, 11) is 2.10. The Kier molecular flexibility index (Phi) is 3.44. The number of nitrogens with zero attached hydrogens (tertiary/aromatic N) is 2. The third-order valence-corrected chi connectivity index (χ3v) is 5.57. The molecular formula is C20H25N3O. The van der Waals surface area contributed by atoms with Gasteiger partial charge < -0.3 is 9.88 Å². The maximum absolute atomic E-state index is 12.9. The number of nitrogens with one attached hydrogen (secondary N) is 1. The molecule has 0 bridgehead atoms. The summed E-state index contributed by atoms with van der Waals surface area (Å²) in [6.45, 7) is 6.32. The summed E-state index contributed by atoms with van der Waals surface area (Å²) in [6, 6.07) is 6.46. The molecule has 1 N–H and O–H groups in total. The lowest BCUT2D eigenvalue weighted by Gasteiger charge is -2.40. The number of fused-ring (bicyclic) bond motifs is 2. The molecule has 4 rings (SSSR count). The Labute approximate surface area is 144 Å². The second-order valence-electron chi connectivity index (χ2n) is 6.86. The van der Waals surface area contributed by atoms with Gasteiger partial charge in [-0.05, 0) is 50.1 Å². The van der Waals surface area contributed by atoms with Gasteiger partial charge in [0.15, 0.2) is 0 Å². The van der Waals surface area contributed by atoms with Crippen LogP contribution in [0.3, 0.4) is 0 Å². The first-order valence-electron chi connectivity index (χ1n) is 9.36. The Balaban J connectivity index is 1.83. The van der Waals surface area contributed by atoms with Crippen LogP contribution in [0, 0.1) is 5.92 Å². The van der Waals surface area contributed by atoms with Crippen molar-refractivity contribution in [2.75, 3.05) is 26.7 Å². The van der Waals surface area contributed by atoms with Crippen LogP contribution in [0.1, 0.15) is 26.3 Å². The highest BCUT2D eigenvalue weighted by Gasteiger charge is 2.36. The average Bonchev–Trinajstić information content (AvgIpc) is 2.93. The molecule has 0 spiro atoms. The molecule has 126 valence electrons. The SMILES string of the molecule is [3H]c1[nH]c2cccc3c2c1C[C@@H]1C3=C[C@@H](C(=O)N(CC)CC)CN1C. The summed E-state index contributed by atoms with van der Waals surface area (Å²) >= 11 is 0. The van der Waals surface area contributed by atoms with Crippen molar-refractivity contribution >= 4 is 22.4 Å². The van der Waals surface area contributed by atoms with Crippen molar-refractivity contribution in [3.8, 4) is 0 Å². The topological polar surface area (TPSA) is 39.3 Å². The molecule has 4 heteroatoms. The number of benzene rings is 1. The van der Waals surface area contributed by atoms with Crippen LogP contribution in [0.15, 0.2) is 30.4 Å². The number of hydrogen-bond acceptors (Lipinski definition) is 2. The fraction of sp³-hybridized carbons (Fsp3) is 0.450. The summed E-state index contributed by atoms with van der Waals surface area (Å²) in [4.78, 5) is 20.3. The number of H-pyrrole nitrogens is 1. The lowest BCUT2D eigenvalue weighted by Crippen LogP contribution is -2.47. The maximum Gasteiger partial charge on any atom is 0.230 e. The van der Waals surface area contributed by atoms with Crippen molar-refractivity contribution in [2.24, 2.45) is 5.92 Å². The zero-order valence-corrected chi connectivity index (χ0v) is 14.6.